The Morgan fingerprint density at radius 3 is 2.19 bits per heavy atom. The summed E-state index contributed by atoms with van der Waals surface area (Å²) in [5, 5.41) is 2.05. The lowest BCUT2D eigenvalue weighted by Gasteiger charge is -2.34. The van der Waals surface area contributed by atoms with Gasteiger partial charge in [-0.25, -0.2) is 14.0 Å². The Bertz CT molecular complexity index is 1560. The summed E-state index contributed by atoms with van der Waals surface area (Å²) in [7, 11) is 1.34. The van der Waals surface area contributed by atoms with E-state index in [1.807, 2.05) is 61.2 Å². The topological polar surface area (TPSA) is 76.2 Å². The molecule has 2 heterocycles. The van der Waals surface area contributed by atoms with Crippen LogP contribution in [0.1, 0.15) is 43.5 Å². The number of methoxy groups -OCH3 is 1. The summed E-state index contributed by atoms with van der Waals surface area (Å²) in [6.07, 6.45) is 1.52. The van der Waals surface area contributed by atoms with Crippen LogP contribution in [-0.2, 0) is 19.1 Å². The van der Waals surface area contributed by atoms with Crippen molar-refractivity contribution in [3.8, 4) is 0 Å². The predicted octanol–water partition coefficient (Wildman–Crippen LogP) is 6.05. The van der Waals surface area contributed by atoms with Crippen molar-refractivity contribution < 1.29 is 28.2 Å². The number of carbonyl (C=O) groups is 3. The maximum absolute atomic E-state index is 13.4. The fourth-order valence-corrected chi connectivity index (χ4v) is 5.90. The van der Waals surface area contributed by atoms with E-state index in [-0.39, 0.29) is 30.5 Å². The molecule has 0 radical (unpaired) electrons. The number of esters is 2. The number of piperidine rings is 1. The smallest absolute Gasteiger partial charge is 0.336 e. The Kier molecular flexibility index (Phi) is 8.83. The average Bonchev–Trinajstić information content (AvgIpc) is 3.01. The fourth-order valence-electron chi connectivity index (χ4n) is 5.90. The molecule has 0 aliphatic carbocycles. The molecule has 0 N–H and O–H groups in total. The van der Waals surface area contributed by atoms with E-state index in [1.165, 1.54) is 31.4 Å². The van der Waals surface area contributed by atoms with Gasteiger partial charge in [-0.2, -0.15) is 0 Å². The number of Topliss-reactive ketones (excluding diaryl/α,β-unsaturated/α-hetero) is 1. The second-order valence-electron chi connectivity index (χ2n) is 10.8. The number of carbonyl (C=O) groups excluding carboxylic acids is 3. The van der Waals surface area contributed by atoms with Crippen LogP contribution in [0.25, 0.3) is 10.8 Å². The largest absolute Gasteiger partial charge is 0.466 e. The number of likely N-dealkylation sites (tertiary alicyclic amines) is 1. The van der Waals surface area contributed by atoms with Gasteiger partial charge < -0.3 is 14.4 Å². The normalized spacial score (nSPS) is 16.6. The first kappa shape index (κ1) is 29.2. The summed E-state index contributed by atoms with van der Waals surface area (Å²) in [6, 6.07) is 19.6. The molecule has 0 bridgehead atoms. The third-order valence-electron chi connectivity index (χ3n) is 8.31. The number of anilines is 1. The van der Waals surface area contributed by atoms with E-state index in [4.69, 9.17) is 9.47 Å². The second kappa shape index (κ2) is 12.7. The number of fused-ring (bicyclic) bond motifs is 1. The van der Waals surface area contributed by atoms with Gasteiger partial charge >= 0.3 is 11.9 Å². The van der Waals surface area contributed by atoms with Crippen LogP contribution in [0.2, 0.25) is 0 Å². The maximum Gasteiger partial charge on any atom is 0.336 e. The molecule has 0 aromatic heterocycles. The molecule has 2 aliphatic rings. The molecule has 0 amide bonds. The Labute approximate surface area is 245 Å². The number of ketones is 1. The van der Waals surface area contributed by atoms with Crippen LogP contribution >= 0.6 is 0 Å². The monoisotopic (exact) mass is 570 g/mol. The molecular weight excluding hydrogens is 535 g/mol. The predicted molar refractivity (Wildman–Crippen MR) is 159 cm³/mol. The van der Waals surface area contributed by atoms with Crippen molar-refractivity contribution in [2.24, 2.45) is 5.92 Å². The first-order chi connectivity index (χ1) is 20.3. The molecule has 8 heteroatoms. The second-order valence-corrected chi connectivity index (χ2v) is 10.8. The van der Waals surface area contributed by atoms with Crippen molar-refractivity contribution in [1.82, 2.24) is 4.90 Å². The summed E-state index contributed by atoms with van der Waals surface area (Å²) in [6.45, 7) is 5.89. The lowest BCUT2D eigenvalue weighted by atomic mass is 9.89. The number of benzene rings is 3. The van der Waals surface area contributed by atoms with E-state index < -0.39 is 11.9 Å². The van der Waals surface area contributed by atoms with Crippen molar-refractivity contribution in [2.75, 3.05) is 38.3 Å². The van der Waals surface area contributed by atoms with Crippen LogP contribution in [0.5, 0.6) is 0 Å². The fraction of sp³-hybridized carbons (Fsp3) is 0.324. The lowest BCUT2D eigenvalue weighted by molar-refractivity contribution is -0.139. The maximum atomic E-state index is 13.4. The molecule has 7 nitrogen and oxygen atoms in total. The van der Waals surface area contributed by atoms with Crippen LogP contribution in [0.3, 0.4) is 0 Å². The number of allylic oxidation sites excluding steroid dienone is 2. The van der Waals surface area contributed by atoms with Gasteiger partial charge in [-0.3, -0.25) is 9.69 Å². The van der Waals surface area contributed by atoms with Gasteiger partial charge in [0.15, 0.2) is 5.78 Å². The highest BCUT2D eigenvalue weighted by atomic mass is 19.1. The molecule has 3 aromatic rings. The minimum Gasteiger partial charge on any atom is -0.466 e. The van der Waals surface area contributed by atoms with Gasteiger partial charge in [-0.15, -0.1) is 0 Å². The molecule has 3 aromatic carbocycles. The van der Waals surface area contributed by atoms with Gasteiger partial charge in [0.05, 0.1) is 23.9 Å². The standard InChI is InChI=1S/C34H35FN2O5/c1-22-29(33(39)41-3)21-30(23(2)37(22)31-10-6-8-24-7-4-5-9-28(24)31)34(40)42-20-19-36-17-15-26(16-18-36)32(38)25-11-13-27(35)14-12-25/h4-14,26H,15-21H2,1-3H3. The average molecular weight is 571 g/mol. The van der Waals surface area contributed by atoms with Crippen molar-refractivity contribution in [1.29, 1.82) is 0 Å². The molecule has 2 aliphatic heterocycles. The van der Waals surface area contributed by atoms with Gasteiger partial charge in [0.1, 0.15) is 12.4 Å². The Morgan fingerprint density at radius 2 is 1.50 bits per heavy atom. The third kappa shape index (κ3) is 5.99. The van der Waals surface area contributed by atoms with Gasteiger partial charge in [-0.05, 0) is 75.5 Å². The van der Waals surface area contributed by atoms with Gasteiger partial charge in [0.2, 0.25) is 0 Å². The van der Waals surface area contributed by atoms with E-state index in [0.717, 1.165) is 16.5 Å². The SMILES string of the molecule is COC(=O)C1=C(C)N(c2cccc3ccccc23)C(C)=C(C(=O)OCCN2CCC(C(=O)c3ccc(F)cc3)CC2)C1. The zero-order valence-electron chi connectivity index (χ0n) is 24.2. The van der Waals surface area contributed by atoms with E-state index in [9.17, 15) is 18.8 Å². The zero-order chi connectivity index (χ0) is 29.8. The summed E-state index contributed by atoms with van der Waals surface area (Å²) < 4.78 is 24.0. The van der Waals surface area contributed by atoms with Crippen molar-refractivity contribution >= 4 is 34.2 Å². The molecule has 0 atom stereocenters. The number of ether oxygens (including phenoxy) is 2. The van der Waals surface area contributed by atoms with Crippen molar-refractivity contribution in [3.63, 3.8) is 0 Å². The number of rotatable bonds is 8. The Morgan fingerprint density at radius 1 is 0.857 bits per heavy atom. The number of hydrogen-bond donors (Lipinski definition) is 0. The quantitative estimate of drug-likeness (QED) is 0.241. The highest BCUT2D eigenvalue weighted by Crippen LogP contribution is 2.39. The van der Waals surface area contributed by atoms with Crippen LogP contribution in [0.15, 0.2) is 89.3 Å². The van der Waals surface area contributed by atoms with Gasteiger partial charge in [0, 0.05) is 41.2 Å². The first-order valence-electron chi connectivity index (χ1n) is 14.2. The van der Waals surface area contributed by atoms with E-state index in [1.54, 1.807) is 0 Å². The third-order valence-corrected chi connectivity index (χ3v) is 8.31. The molecule has 1 fully saturated rings. The number of halogens is 1. The molecule has 1 saturated heterocycles. The Balaban J connectivity index is 1.25. The first-order valence-corrected chi connectivity index (χ1v) is 14.2. The molecule has 0 spiro atoms. The van der Waals surface area contributed by atoms with Gasteiger partial charge in [-0.1, -0.05) is 36.4 Å². The highest BCUT2D eigenvalue weighted by molar-refractivity contribution is 6.02. The molecule has 0 saturated carbocycles. The lowest BCUT2D eigenvalue weighted by Crippen LogP contribution is -2.38. The molecule has 218 valence electrons. The van der Waals surface area contributed by atoms with Crippen LogP contribution in [0.4, 0.5) is 10.1 Å². The number of hydrogen-bond acceptors (Lipinski definition) is 7. The van der Waals surface area contributed by atoms with E-state index >= 15 is 0 Å². The summed E-state index contributed by atoms with van der Waals surface area (Å²) in [4.78, 5) is 43.1. The number of nitrogens with zero attached hydrogens (tertiary/aromatic N) is 2. The Hall–Kier alpha value is -4.30. The van der Waals surface area contributed by atoms with Crippen LogP contribution in [0, 0.1) is 11.7 Å². The summed E-state index contributed by atoms with van der Waals surface area (Å²) in [5.41, 5.74) is 3.65. The van der Waals surface area contributed by atoms with Crippen LogP contribution in [-0.4, -0.2) is 56.0 Å². The molecular formula is C34H35FN2O5. The summed E-state index contributed by atoms with van der Waals surface area (Å²) >= 11 is 0. The van der Waals surface area contributed by atoms with E-state index in [0.29, 0.717) is 60.6 Å². The minimum atomic E-state index is -0.478. The van der Waals surface area contributed by atoms with Crippen LogP contribution < -0.4 is 4.90 Å². The molecule has 5 rings (SSSR count). The van der Waals surface area contributed by atoms with Crippen molar-refractivity contribution in [2.45, 2.75) is 33.1 Å². The minimum absolute atomic E-state index is 0.0429. The molecule has 0 unspecified atom stereocenters. The highest BCUT2D eigenvalue weighted by Gasteiger charge is 2.33. The summed E-state index contributed by atoms with van der Waals surface area (Å²) in [5.74, 6) is -1.36. The van der Waals surface area contributed by atoms with E-state index in [2.05, 4.69) is 4.90 Å². The van der Waals surface area contributed by atoms with Gasteiger partial charge in [0.25, 0.3) is 0 Å². The zero-order valence-corrected chi connectivity index (χ0v) is 24.2. The van der Waals surface area contributed by atoms with Crippen molar-refractivity contribution in [3.05, 3.63) is 101 Å². The molecule has 42 heavy (non-hydrogen) atoms.